The number of carbonyl (C=O) groups excluding carboxylic acids is 1. The van der Waals surface area contributed by atoms with Crippen LogP contribution in [0.3, 0.4) is 0 Å². The van der Waals surface area contributed by atoms with E-state index in [4.69, 9.17) is 4.74 Å². The maximum Gasteiger partial charge on any atom is 0.171 e. The minimum absolute atomic E-state index is 0.00281. The first-order chi connectivity index (χ1) is 14.2. The second kappa shape index (κ2) is 8.52. The summed E-state index contributed by atoms with van der Waals surface area (Å²) in [4.78, 5) is 17.2. The van der Waals surface area contributed by atoms with Crippen LogP contribution in [0.25, 0.3) is 11.1 Å². The average Bonchev–Trinajstić information content (AvgIpc) is 3.18. The van der Waals surface area contributed by atoms with Gasteiger partial charge in [-0.25, -0.2) is 0 Å². The molecule has 5 heteroatoms. The van der Waals surface area contributed by atoms with Crippen molar-refractivity contribution in [2.75, 3.05) is 0 Å². The van der Waals surface area contributed by atoms with Crippen LogP contribution in [0.4, 0.5) is 0 Å². The van der Waals surface area contributed by atoms with Crippen LogP contribution in [0.1, 0.15) is 21.5 Å². The molecule has 0 saturated heterocycles. The molecule has 29 heavy (non-hydrogen) atoms. The monoisotopic (exact) mass is 383 g/mol. The highest BCUT2D eigenvalue weighted by Gasteiger charge is 2.16. The maximum absolute atomic E-state index is 13.1. The van der Waals surface area contributed by atoms with Crippen LogP contribution in [-0.2, 0) is 20.1 Å². The SMILES string of the molecule is Cn1cc(CC(=O)c2cc(-c3ccncc3)ccc2OCc2ccccc2)cn1. The molecule has 0 aliphatic carbocycles. The zero-order chi connectivity index (χ0) is 20.1. The standard InChI is InChI=1S/C24H21N3O2/c1-27-16-19(15-26-27)13-23(28)22-14-21(20-9-11-25-12-10-20)7-8-24(22)29-17-18-5-3-2-4-6-18/h2-12,14-16H,13,17H2,1H3. The Morgan fingerprint density at radius 2 is 1.76 bits per heavy atom. The molecule has 0 unspecified atom stereocenters. The second-order valence-electron chi connectivity index (χ2n) is 6.84. The van der Waals surface area contributed by atoms with Gasteiger partial charge < -0.3 is 4.74 Å². The predicted molar refractivity (Wildman–Crippen MR) is 112 cm³/mol. The lowest BCUT2D eigenvalue weighted by Crippen LogP contribution is -2.07. The van der Waals surface area contributed by atoms with Gasteiger partial charge in [0.05, 0.1) is 11.8 Å². The Hall–Kier alpha value is -3.73. The highest BCUT2D eigenvalue weighted by molar-refractivity contribution is 6.01. The Labute approximate surface area is 169 Å². The van der Waals surface area contributed by atoms with E-state index in [0.717, 1.165) is 22.3 Å². The molecule has 0 bridgehead atoms. The lowest BCUT2D eigenvalue weighted by atomic mass is 9.98. The van der Waals surface area contributed by atoms with Crippen LogP contribution < -0.4 is 4.74 Å². The minimum atomic E-state index is -0.00281. The molecule has 4 aromatic rings. The number of nitrogens with zero attached hydrogens (tertiary/aromatic N) is 3. The van der Waals surface area contributed by atoms with Crippen molar-refractivity contribution in [3.8, 4) is 16.9 Å². The highest BCUT2D eigenvalue weighted by Crippen LogP contribution is 2.28. The van der Waals surface area contributed by atoms with Crippen molar-refractivity contribution in [2.24, 2.45) is 7.05 Å². The van der Waals surface area contributed by atoms with Crippen LogP contribution in [0.2, 0.25) is 0 Å². The third-order valence-corrected chi connectivity index (χ3v) is 4.65. The topological polar surface area (TPSA) is 57.0 Å². The van der Waals surface area contributed by atoms with E-state index in [0.29, 0.717) is 17.9 Å². The van der Waals surface area contributed by atoms with E-state index in [9.17, 15) is 4.79 Å². The number of pyridine rings is 1. The number of rotatable bonds is 7. The van der Waals surface area contributed by atoms with Crippen molar-refractivity contribution in [1.29, 1.82) is 0 Å². The quantitative estimate of drug-likeness (QED) is 0.441. The van der Waals surface area contributed by atoms with Crippen molar-refractivity contribution in [2.45, 2.75) is 13.0 Å². The predicted octanol–water partition coefficient (Wildman–Crippen LogP) is 4.49. The first-order valence-electron chi connectivity index (χ1n) is 9.41. The summed E-state index contributed by atoms with van der Waals surface area (Å²) >= 11 is 0. The third kappa shape index (κ3) is 4.58. The van der Waals surface area contributed by atoms with E-state index in [1.54, 1.807) is 23.3 Å². The molecule has 0 aliphatic rings. The fourth-order valence-corrected chi connectivity index (χ4v) is 3.18. The third-order valence-electron chi connectivity index (χ3n) is 4.65. The van der Waals surface area contributed by atoms with E-state index in [1.807, 2.05) is 73.9 Å². The van der Waals surface area contributed by atoms with Gasteiger partial charge in [-0.3, -0.25) is 14.5 Å². The molecule has 0 aliphatic heterocycles. The van der Waals surface area contributed by atoms with Gasteiger partial charge in [0.15, 0.2) is 5.78 Å². The van der Waals surface area contributed by atoms with Gasteiger partial charge in [-0.15, -0.1) is 0 Å². The van der Waals surface area contributed by atoms with Crippen molar-refractivity contribution in [3.63, 3.8) is 0 Å². The summed E-state index contributed by atoms with van der Waals surface area (Å²) < 4.78 is 7.72. The molecule has 4 rings (SSSR count). The summed E-state index contributed by atoms with van der Waals surface area (Å²) in [6.45, 7) is 0.405. The molecule has 0 radical (unpaired) electrons. The van der Waals surface area contributed by atoms with Crippen LogP contribution in [0.5, 0.6) is 5.75 Å². The number of aryl methyl sites for hydroxylation is 1. The van der Waals surface area contributed by atoms with Crippen LogP contribution in [0.15, 0.2) is 85.5 Å². The van der Waals surface area contributed by atoms with E-state index < -0.39 is 0 Å². The smallest absolute Gasteiger partial charge is 0.171 e. The van der Waals surface area contributed by atoms with Gasteiger partial charge in [0.25, 0.3) is 0 Å². The molecule has 2 aromatic heterocycles. The van der Waals surface area contributed by atoms with Gasteiger partial charge in [0, 0.05) is 32.1 Å². The van der Waals surface area contributed by atoms with Crippen molar-refractivity contribution in [1.82, 2.24) is 14.8 Å². The van der Waals surface area contributed by atoms with Crippen LogP contribution in [0, 0.1) is 0 Å². The number of carbonyl (C=O) groups is 1. The Morgan fingerprint density at radius 3 is 2.48 bits per heavy atom. The Morgan fingerprint density at radius 1 is 0.966 bits per heavy atom. The molecule has 0 saturated carbocycles. The number of ether oxygens (including phenoxy) is 1. The summed E-state index contributed by atoms with van der Waals surface area (Å²) in [5.41, 5.74) is 4.45. The maximum atomic E-state index is 13.1. The lowest BCUT2D eigenvalue weighted by molar-refractivity contribution is 0.0988. The van der Waals surface area contributed by atoms with Crippen LogP contribution in [-0.4, -0.2) is 20.5 Å². The van der Waals surface area contributed by atoms with Crippen molar-refractivity contribution >= 4 is 5.78 Å². The van der Waals surface area contributed by atoms with Gasteiger partial charge in [-0.05, 0) is 46.5 Å². The van der Waals surface area contributed by atoms with Crippen LogP contribution >= 0.6 is 0 Å². The molecular weight excluding hydrogens is 362 g/mol. The van der Waals surface area contributed by atoms with E-state index in [-0.39, 0.29) is 12.2 Å². The molecule has 0 N–H and O–H groups in total. The Bertz CT molecular complexity index is 1110. The van der Waals surface area contributed by atoms with E-state index >= 15 is 0 Å². The number of benzene rings is 2. The number of Topliss-reactive ketones (excluding diaryl/α,β-unsaturated/α-hetero) is 1. The molecule has 5 nitrogen and oxygen atoms in total. The fraction of sp³-hybridized carbons (Fsp3) is 0.125. The van der Waals surface area contributed by atoms with Crippen molar-refractivity contribution in [3.05, 3.63) is 102 Å². The largest absolute Gasteiger partial charge is 0.488 e. The fourth-order valence-electron chi connectivity index (χ4n) is 3.18. The van der Waals surface area contributed by atoms with Gasteiger partial charge >= 0.3 is 0 Å². The van der Waals surface area contributed by atoms with Gasteiger partial charge in [-0.1, -0.05) is 36.4 Å². The average molecular weight is 383 g/mol. The van der Waals surface area contributed by atoms with E-state index in [2.05, 4.69) is 10.1 Å². The zero-order valence-electron chi connectivity index (χ0n) is 16.2. The van der Waals surface area contributed by atoms with Gasteiger partial charge in [-0.2, -0.15) is 5.10 Å². The molecule has 2 heterocycles. The lowest BCUT2D eigenvalue weighted by Gasteiger charge is -2.13. The molecular formula is C24H21N3O2. The first-order valence-corrected chi connectivity index (χ1v) is 9.41. The Balaban J connectivity index is 1.64. The number of aromatic nitrogens is 3. The summed E-state index contributed by atoms with van der Waals surface area (Å²) in [6, 6.07) is 19.5. The normalized spacial score (nSPS) is 10.7. The molecule has 0 atom stereocenters. The minimum Gasteiger partial charge on any atom is -0.488 e. The number of hydrogen-bond donors (Lipinski definition) is 0. The molecule has 0 amide bonds. The van der Waals surface area contributed by atoms with E-state index in [1.165, 1.54) is 0 Å². The molecule has 0 spiro atoms. The summed E-state index contributed by atoms with van der Waals surface area (Å²) in [5.74, 6) is 0.581. The van der Waals surface area contributed by atoms with Gasteiger partial charge in [0.2, 0.25) is 0 Å². The zero-order valence-corrected chi connectivity index (χ0v) is 16.2. The highest BCUT2D eigenvalue weighted by atomic mass is 16.5. The second-order valence-corrected chi connectivity index (χ2v) is 6.84. The van der Waals surface area contributed by atoms with Crippen molar-refractivity contribution < 1.29 is 9.53 Å². The Kier molecular flexibility index (Phi) is 5.47. The molecule has 144 valence electrons. The first kappa shape index (κ1) is 18.6. The number of ketones is 1. The number of hydrogen-bond acceptors (Lipinski definition) is 4. The summed E-state index contributed by atoms with van der Waals surface area (Å²) in [6.07, 6.45) is 7.33. The van der Waals surface area contributed by atoms with Gasteiger partial charge in [0.1, 0.15) is 12.4 Å². The summed E-state index contributed by atoms with van der Waals surface area (Å²) in [7, 11) is 1.84. The molecule has 0 fully saturated rings. The summed E-state index contributed by atoms with van der Waals surface area (Å²) in [5, 5.41) is 4.15. The molecule has 2 aromatic carbocycles.